The first-order valence-electron chi connectivity index (χ1n) is 8.84. The molecule has 0 aromatic carbocycles. The van der Waals surface area contributed by atoms with Gasteiger partial charge in [0.1, 0.15) is 11.7 Å². The van der Waals surface area contributed by atoms with E-state index in [0.717, 1.165) is 42.3 Å². The molecular formula is C18H25N5O2S. The molecule has 2 N–H and O–H groups in total. The third-order valence-electron chi connectivity index (χ3n) is 4.61. The van der Waals surface area contributed by atoms with Crippen LogP contribution in [0.5, 0.6) is 0 Å². The van der Waals surface area contributed by atoms with E-state index in [1.54, 1.807) is 13.2 Å². The van der Waals surface area contributed by atoms with E-state index in [1.165, 1.54) is 11.3 Å². The zero-order valence-corrected chi connectivity index (χ0v) is 16.4. The topological polar surface area (TPSA) is 88.9 Å². The van der Waals surface area contributed by atoms with E-state index in [4.69, 9.17) is 0 Å². The van der Waals surface area contributed by atoms with Gasteiger partial charge in [-0.2, -0.15) is 0 Å². The molecular weight excluding hydrogens is 350 g/mol. The normalized spacial score (nSPS) is 15.2. The van der Waals surface area contributed by atoms with Crippen molar-refractivity contribution >= 4 is 23.2 Å². The first-order chi connectivity index (χ1) is 12.3. The Morgan fingerprint density at radius 3 is 2.69 bits per heavy atom. The molecule has 2 amide bonds. The van der Waals surface area contributed by atoms with Crippen molar-refractivity contribution in [2.45, 2.75) is 52.6 Å². The number of carbonyl (C=O) groups is 2. The van der Waals surface area contributed by atoms with Crippen LogP contribution < -0.4 is 10.6 Å². The fraction of sp³-hybridized carbons (Fsp3) is 0.556. The molecule has 0 bridgehead atoms. The van der Waals surface area contributed by atoms with E-state index in [2.05, 4.69) is 25.2 Å². The summed E-state index contributed by atoms with van der Waals surface area (Å²) in [5.41, 5.74) is 0.935. The molecule has 0 saturated heterocycles. The zero-order valence-electron chi connectivity index (χ0n) is 15.6. The van der Waals surface area contributed by atoms with Crippen molar-refractivity contribution < 1.29 is 9.59 Å². The Kier molecular flexibility index (Phi) is 5.13. The van der Waals surface area contributed by atoms with Gasteiger partial charge in [-0.25, -0.2) is 9.97 Å². The molecule has 1 aliphatic heterocycles. The maximum absolute atomic E-state index is 13.0. The van der Waals surface area contributed by atoms with Gasteiger partial charge in [0.15, 0.2) is 10.8 Å². The van der Waals surface area contributed by atoms with Crippen molar-refractivity contribution in [1.82, 2.24) is 25.2 Å². The monoisotopic (exact) mass is 375 g/mol. The predicted molar refractivity (Wildman–Crippen MR) is 101 cm³/mol. The van der Waals surface area contributed by atoms with Gasteiger partial charge in [-0.15, -0.1) is 11.3 Å². The van der Waals surface area contributed by atoms with Gasteiger partial charge in [-0.1, -0.05) is 20.8 Å². The van der Waals surface area contributed by atoms with Crippen LogP contribution >= 0.6 is 11.3 Å². The molecule has 1 aliphatic rings. The molecule has 0 unspecified atom stereocenters. The molecule has 0 saturated carbocycles. The Bertz CT molecular complexity index is 804. The Hall–Kier alpha value is -2.22. The van der Waals surface area contributed by atoms with E-state index in [1.807, 2.05) is 26.2 Å². The van der Waals surface area contributed by atoms with Crippen molar-refractivity contribution in [3.8, 4) is 10.8 Å². The van der Waals surface area contributed by atoms with Crippen LogP contribution in [-0.4, -0.2) is 39.4 Å². The molecule has 1 atom stereocenters. The first-order valence-corrected chi connectivity index (χ1v) is 9.72. The largest absolute Gasteiger partial charge is 0.357 e. The fourth-order valence-corrected chi connectivity index (χ4v) is 3.87. The average Bonchev–Trinajstić information content (AvgIpc) is 3.25. The Morgan fingerprint density at radius 1 is 1.31 bits per heavy atom. The van der Waals surface area contributed by atoms with Gasteiger partial charge in [0.2, 0.25) is 5.91 Å². The summed E-state index contributed by atoms with van der Waals surface area (Å²) in [4.78, 5) is 34.2. The number of nitrogens with zero attached hydrogens (tertiary/aromatic N) is 3. The molecule has 0 radical (unpaired) electrons. The van der Waals surface area contributed by atoms with Gasteiger partial charge in [-0.05, 0) is 24.7 Å². The molecule has 3 heterocycles. The van der Waals surface area contributed by atoms with E-state index in [-0.39, 0.29) is 11.8 Å². The highest BCUT2D eigenvalue weighted by atomic mass is 32.1. The van der Waals surface area contributed by atoms with Crippen LogP contribution in [0.15, 0.2) is 11.6 Å². The van der Waals surface area contributed by atoms with Crippen molar-refractivity contribution in [2.24, 2.45) is 5.41 Å². The van der Waals surface area contributed by atoms with E-state index >= 15 is 0 Å². The Balaban J connectivity index is 1.96. The number of imidazole rings is 1. The number of likely N-dealkylation sites (N-methyl/N-ethyl adjacent to an activating group) is 1. The summed E-state index contributed by atoms with van der Waals surface area (Å²) in [5.74, 6) is 0.230. The summed E-state index contributed by atoms with van der Waals surface area (Å²) >= 11 is 1.51. The summed E-state index contributed by atoms with van der Waals surface area (Å²) in [5, 5.41) is 8.23. The summed E-state index contributed by atoms with van der Waals surface area (Å²) in [6.07, 6.45) is 4.64. The number of aromatic nitrogens is 3. The van der Waals surface area contributed by atoms with Gasteiger partial charge in [0, 0.05) is 25.2 Å². The quantitative estimate of drug-likeness (QED) is 0.858. The van der Waals surface area contributed by atoms with Gasteiger partial charge in [-0.3, -0.25) is 9.59 Å². The van der Waals surface area contributed by atoms with Gasteiger partial charge < -0.3 is 15.2 Å². The second-order valence-corrected chi connectivity index (χ2v) is 8.46. The summed E-state index contributed by atoms with van der Waals surface area (Å²) in [6, 6.07) is -0.635. The van der Waals surface area contributed by atoms with Crippen LogP contribution in [0.1, 0.15) is 49.8 Å². The highest BCUT2D eigenvalue weighted by molar-refractivity contribution is 7.13. The highest BCUT2D eigenvalue weighted by Crippen LogP contribution is 2.29. The third-order valence-corrected chi connectivity index (χ3v) is 5.38. The number of carbonyl (C=O) groups excluding carboxylic acids is 2. The van der Waals surface area contributed by atoms with Crippen molar-refractivity contribution in [2.75, 3.05) is 7.05 Å². The number of fused-ring (bicyclic) bond motifs is 1. The maximum atomic E-state index is 13.0. The zero-order chi connectivity index (χ0) is 18.9. The van der Waals surface area contributed by atoms with E-state index in [0.29, 0.717) is 5.69 Å². The lowest BCUT2D eigenvalue weighted by atomic mass is 9.86. The number of rotatable bonds is 4. The Morgan fingerprint density at radius 2 is 2.08 bits per heavy atom. The van der Waals surface area contributed by atoms with Crippen LogP contribution in [0.2, 0.25) is 0 Å². The van der Waals surface area contributed by atoms with Crippen LogP contribution in [0, 0.1) is 5.41 Å². The summed E-state index contributed by atoms with van der Waals surface area (Å²) in [6.45, 7) is 6.62. The van der Waals surface area contributed by atoms with Gasteiger partial charge in [0.25, 0.3) is 5.91 Å². The average molecular weight is 375 g/mol. The van der Waals surface area contributed by atoms with Crippen molar-refractivity contribution in [1.29, 1.82) is 0 Å². The van der Waals surface area contributed by atoms with E-state index in [9.17, 15) is 9.59 Å². The van der Waals surface area contributed by atoms with Crippen molar-refractivity contribution in [3.63, 3.8) is 0 Å². The lowest BCUT2D eigenvalue weighted by Gasteiger charge is -2.29. The number of nitrogens with one attached hydrogen (secondary N) is 2. The molecule has 3 rings (SSSR count). The van der Waals surface area contributed by atoms with Crippen LogP contribution in [0.25, 0.3) is 10.8 Å². The maximum Gasteiger partial charge on any atom is 0.272 e. The minimum Gasteiger partial charge on any atom is -0.357 e. The molecule has 26 heavy (non-hydrogen) atoms. The van der Waals surface area contributed by atoms with Gasteiger partial charge >= 0.3 is 0 Å². The SMILES string of the molecule is CNC(=O)[C@@H](NC(=O)c1nc(-c2nccs2)n2c1CCCC2)C(C)(C)C. The second kappa shape index (κ2) is 7.19. The van der Waals surface area contributed by atoms with Crippen LogP contribution in [0.4, 0.5) is 0 Å². The predicted octanol–water partition coefficient (Wildman–Crippen LogP) is 2.23. The van der Waals surface area contributed by atoms with Crippen LogP contribution in [-0.2, 0) is 17.8 Å². The number of amides is 2. The molecule has 2 aromatic rings. The fourth-order valence-electron chi connectivity index (χ4n) is 3.24. The number of hydrogen-bond acceptors (Lipinski definition) is 5. The minimum atomic E-state index is -0.635. The van der Waals surface area contributed by atoms with Gasteiger partial charge in [0.05, 0.1) is 5.69 Å². The van der Waals surface area contributed by atoms with E-state index < -0.39 is 11.5 Å². The summed E-state index contributed by atoms with van der Waals surface area (Å²) < 4.78 is 2.10. The van der Waals surface area contributed by atoms with Crippen molar-refractivity contribution in [3.05, 3.63) is 23.0 Å². The number of hydrogen-bond donors (Lipinski definition) is 2. The molecule has 8 heteroatoms. The Labute approximate surface area is 157 Å². The van der Waals surface area contributed by atoms with Crippen LogP contribution in [0.3, 0.4) is 0 Å². The lowest BCUT2D eigenvalue weighted by molar-refractivity contribution is -0.124. The lowest BCUT2D eigenvalue weighted by Crippen LogP contribution is -2.53. The molecule has 2 aromatic heterocycles. The molecule has 0 aliphatic carbocycles. The molecule has 7 nitrogen and oxygen atoms in total. The second-order valence-electron chi connectivity index (χ2n) is 7.56. The minimum absolute atomic E-state index is 0.209. The first kappa shape index (κ1) is 18.6. The number of thiazole rings is 1. The molecule has 0 spiro atoms. The molecule has 140 valence electrons. The summed E-state index contributed by atoms with van der Waals surface area (Å²) in [7, 11) is 1.58. The molecule has 0 fully saturated rings. The highest BCUT2D eigenvalue weighted by Gasteiger charge is 2.34. The smallest absolute Gasteiger partial charge is 0.272 e. The third kappa shape index (κ3) is 3.51. The standard InChI is InChI=1S/C18H25N5O2S/c1-18(2,3)13(16(25)19-4)22-15(24)12-11-7-5-6-9-23(11)14(21-12)17-20-8-10-26-17/h8,10,13H,5-7,9H2,1-4H3,(H,19,25)(H,22,24)/t13-/m1/s1.